The molecule has 0 unspecified atom stereocenters. The van der Waals surface area contributed by atoms with Crippen molar-refractivity contribution in [3.63, 3.8) is 0 Å². The van der Waals surface area contributed by atoms with Crippen molar-refractivity contribution in [1.82, 2.24) is 0 Å². The van der Waals surface area contributed by atoms with Crippen molar-refractivity contribution in [2.75, 3.05) is 46.2 Å². The lowest BCUT2D eigenvalue weighted by Gasteiger charge is -2.50. The minimum atomic E-state index is -2.19. The standard InChI is InChI=1S/C42H68O34/c43-1-8-28-16(50)22(56)37(64-8)72-30-10(3-45)66-39(24(58)18(30)52)74-32-12(5-47)68-41(26(60)20(32)54)76-34-14-7-62-35(34)27(61)42(69-14)75-33-13(6-48)67-40(25(59)19(33)53)73-31-11(4-46)65-38(23(57)17(31)51)71-29-9(2-44)63-36(70-28)21(55)15(29)49/h8-61H,1-7H2/t8-,9-,10-,11-,12-,13-,14-,15-,16-,17-,18-,19-,20-,21-,22-,23-,24-,25-,26-,27-,28-,29-,30-,31-,32-,33-,34-,35-,36-,37-,38-,39-,40-,41-,42-/m1/s1. The second-order valence-electron chi connectivity index (χ2n) is 19.8. The highest BCUT2D eigenvalue weighted by Gasteiger charge is 2.60. The predicted octanol–water partition coefficient (Wildman–Crippen LogP) is -14.2. The molecule has 22 saturated heterocycles. The largest absolute Gasteiger partial charge is 0.394 e. The average molecular weight is 1120 g/mol. The molecule has 0 amide bonds. The summed E-state index contributed by atoms with van der Waals surface area (Å²) < 4.78 is 86.3. The van der Waals surface area contributed by atoms with Crippen molar-refractivity contribution in [3.05, 3.63) is 0 Å². The number of rotatable bonds is 6. The summed E-state index contributed by atoms with van der Waals surface area (Å²) in [6.45, 7) is -6.26. The molecule has 0 radical (unpaired) electrons. The summed E-state index contributed by atoms with van der Waals surface area (Å²) in [5.74, 6) is 0. The van der Waals surface area contributed by atoms with E-state index in [0.29, 0.717) is 0 Å². The molecule has 34 nitrogen and oxygen atoms in total. The van der Waals surface area contributed by atoms with Gasteiger partial charge in [0.2, 0.25) is 0 Å². The Labute approximate surface area is 428 Å². The van der Waals surface area contributed by atoms with Crippen LogP contribution in [0.15, 0.2) is 0 Å². The van der Waals surface area contributed by atoms with E-state index in [1.54, 1.807) is 0 Å². The Kier molecular flexibility index (Phi) is 19.2. The van der Waals surface area contributed by atoms with Gasteiger partial charge in [-0.3, -0.25) is 0 Å². The lowest BCUT2D eigenvalue weighted by Crippen LogP contribution is -2.68. The fourth-order valence-electron chi connectivity index (χ4n) is 10.8. The van der Waals surface area contributed by atoms with Gasteiger partial charge in [0.15, 0.2) is 44.0 Å². The van der Waals surface area contributed by atoms with Crippen LogP contribution in [-0.4, -0.2) is 358 Å². The van der Waals surface area contributed by atoms with Crippen LogP contribution in [-0.2, 0) is 71.1 Å². The molecule has 22 heterocycles. The highest BCUT2D eigenvalue weighted by Crippen LogP contribution is 2.40. The second-order valence-corrected chi connectivity index (χ2v) is 19.8. The zero-order chi connectivity index (χ0) is 54.8. The molecule has 0 aromatic carbocycles. The molecule has 22 aliphatic rings. The van der Waals surface area contributed by atoms with E-state index in [4.69, 9.17) is 71.1 Å². The number of aliphatic hydroxyl groups is 19. The molecule has 0 aromatic rings. The predicted molar refractivity (Wildman–Crippen MR) is 225 cm³/mol. The Morgan fingerprint density at radius 3 is 0.618 bits per heavy atom. The number of ether oxygens (including phenoxy) is 15. The Morgan fingerprint density at radius 2 is 0.408 bits per heavy atom. The van der Waals surface area contributed by atoms with E-state index in [1.165, 1.54) is 0 Å². The van der Waals surface area contributed by atoms with E-state index < -0.39 is 255 Å². The topological polar surface area (TPSA) is 523 Å². The SMILES string of the molecule is OC[C@H]1O[C@@H]2O[C@H]3[C@H](O)[C@@H](O)[C@@H](O[C@H]4[C@H](O)[C@@H](O)[C@@H](O[C@H]5[C@@H]6OC[C@H]5O[C@H](O[C@H]5[C@H](O)[C@@H](O)[C@@H](O[C@H]7[C@H](O)[C@@H](O)[C@@H](O[C@H]8[C@H](O)[C@@H](O)[C@@H](O[C@H]1[C@H](O)[C@H]2O)O[C@@H]8CO)O[C@@H]7CO)O[C@@H]5CO)[C@@H]6O)O[C@@H]4CO)O[C@@H]3CO. The first-order valence-corrected chi connectivity index (χ1v) is 24.6. The van der Waals surface area contributed by atoms with Crippen LogP contribution in [0, 0.1) is 0 Å². The van der Waals surface area contributed by atoms with Crippen LogP contribution in [0.4, 0.5) is 0 Å². The first-order valence-electron chi connectivity index (χ1n) is 24.6. The van der Waals surface area contributed by atoms with Crippen LogP contribution in [0.1, 0.15) is 0 Å². The number of hydrogen-bond donors (Lipinski definition) is 19. The molecular weight excluding hydrogens is 1050 g/mol. The van der Waals surface area contributed by atoms with Crippen LogP contribution < -0.4 is 0 Å². The van der Waals surface area contributed by atoms with Crippen LogP contribution >= 0.6 is 0 Å². The molecule has 22 rings (SSSR count). The summed E-state index contributed by atoms with van der Waals surface area (Å²) in [5, 5.41) is 209. The summed E-state index contributed by atoms with van der Waals surface area (Å²) in [7, 11) is 0. The van der Waals surface area contributed by atoms with Crippen LogP contribution in [0.5, 0.6) is 0 Å². The highest BCUT2D eigenvalue weighted by molar-refractivity contribution is 5.03. The monoisotopic (exact) mass is 1120 g/mol. The van der Waals surface area contributed by atoms with Gasteiger partial charge in [0.05, 0.1) is 46.2 Å². The van der Waals surface area contributed by atoms with E-state index in [1.807, 2.05) is 0 Å². The second kappa shape index (κ2) is 24.6. The molecule has 0 saturated carbocycles. The van der Waals surface area contributed by atoms with Gasteiger partial charge in [-0.15, -0.1) is 0 Å². The van der Waals surface area contributed by atoms with Crippen molar-refractivity contribution in [1.29, 1.82) is 0 Å². The molecule has 19 N–H and O–H groups in total. The number of aliphatic hydroxyl groups excluding tert-OH is 19. The Balaban J connectivity index is 0.984. The summed E-state index contributed by atoms with van der Waals surface area (Å²) in [6.07, 6.45) is -65.5. The van der Waals surface area contributed by atoms with Gasteiger partial charge in [0.25, 0.3) is 0 Å². The van der Waals surface area contributed by atoms with Gasteiger partial charge in [-0.1, -0.05) is 0 Å². The third kappa shape index (κ3) is 11.1. The van der Waals surface area contributed by atoms with Gasteiger partial charge < -0.3 is 168 Å². The molecule has 34 heteroatoms. The van der Waals surface area contributed by atoms with Crippen molar-refractivity contribution in [2.45, 2.75) is 215 Å². The number of hydrogen-bond acceptors (Lipinski definition) is 34. The molecule has 16 bridgehead atoms. The molecule has 0 aromatic heterocycles. The van der Waals surface area contributed by atoms with Crippen LogP contribution in [0.3, 0.4) is 0 Å². The molecule has 76 heavy (non-hydrogen) atoms. The van der Waals surface area contributed by atoms with E-state index in [2.05, 4.69) is 0 Å². The molecule has 0 aliphatic carbocycles. The van der Waals surface area contributed by atoms with E-state index in [-0.39, 0.29) is 6.61 Å². The van der Waals surface area contributed by atoms with Gasteiger partial charge in [0, 0.05) is 0 Å². The van der Waals surface area contributed by atoms with Crippen LogP contribution in [0.2, 0.25) is 0 Å². The van der Waals surface area contributed by atoms with Crippen LogP contribution in [0.25, 0.3) is 0 Å². The normalized spacial score (nSPS) is 56.5. The van der Waals surface area contributed by atoms with Crippen molar-refractivity contribution in [3.8, 4) is 0 Å². The van der Waals surface area contributed by atoms with Gasteiger partial charge >= 0.3 is 0 Å². The maximum Gasteiger partial charge on any atom is 0.187 e. The van der Waals surface area contributed by atoms with Gasteiger partial charge in [-0.05, 0) is 0 Å². The lowest BCUT2D eigenvalue weighted by molar-refractivity contribution is -0.396. The van der Waals surface area contributed by atoms with Gasteiger partial charge in [-0.25, -0.2) is 0 Å². The summed E-state index contributed by atoms with van der Waals surface area (Å²) in [4.78, 5) is 0. The maximum atomic E-state index is 11.4. The van der Waals surface area contributed by atoms with E-state index in [9.17, 15) is 97.0 Å². The third-order valence-electron chi connectivity index (χ3n) is 15.0. The highest BCUT2D eigenvalue weighted by atomic mass is 16.8. The first-order chi connectivity index (χ1) is 36.3. The third-order valence-corrected chi connectivity index (χ3v) is 15.0. The van der Waals surface area contributed by atoms with Crippen molar-refractivity contribution >= 4 is 0 Å². The molecule has 22 fully saturated rings. The Hall–Kier alpha value is -1.36. The zero-order valence-corrected chi connectivity index (χ0v) is 39.8. The summed E-state index contributed by atoms with van der Waals surface area (Å²) in [5.41, 5.74) is 0. The molecular formula is C42H68O34. The van der Waals surface area contributed by atoms with Gasteiger partial charge in [-0.2, -0.15) is 0 Å². The molecule has 35 atom stereocenters. The summed E-state index contributed by atoms with van der Waals surface area (Å²) >= 11 is 0. The van der Waals surface area contributed by atoms with E-state index in [0.717, 1.165) is 0 Å². The Bertz CT molecular complexity index is 1830. The molecule has 440 valence electrons. The Morgan fingerprint density at radius 1 is 0.211 bits per heavy atom. The molecule has 22 aliphatic heterocycles. The molecule has 0 spiro atoms. The quantitative estimate of drug-likeness (QED) is 0.117. The van der Waals surface area contributed by atoms with E-state index >= 15 is 0 Å². The smallest absolute Gasteiger partial charge is 0.187 e. The first kappa shape index (κ1) is 59.3. The fourth-order valence-corrected chi connectivity index (χ4v) is 10.8. The maximum absolute atomic E-state index is 11.4. The fraction of sp³-hybridized carbons (Fsp3) is 1.00. The van der Waals surface area contributed by atoms with Crippen molar-refractivity contribution in [2.24, 2.45) is 0 Å². The van der Waals surface area contributed by atoms with Gasteiger partial charge in [0.1, 0.15) is 171 Å². The minimum Gasteiger partial charge on any atom is -0.394 e. The lowest BCUT2D eigenvalue weighted by atomic mass is 9.95. The minimum absolute atomic E-state index is 0.285. The average Bonchev–Trinajstić information content (AvgIpc) is 3.76. The summed E-state index contributed by atoms with van der Waals surface area (Å²) in [6, 6.07) is 0. The van der Waals surface area contributed by atoms with Crippen molar-refractivity contribution < 1.29 is 168 Å². The zero-order valence-electron chi connectivity index (χ0n) is 39.8.